The molecule has 0 saturated carbocycles. The molecule has 1 aromatic heterocycles. The van der Waals surface area contributed by atoms with Crippen LogP contribution in [-0.4, -0.2) is 67.0 Å². The first-order chi connectivity index (χ1) is 16.6. The third-order valence-corrected chi connectivity index (χ3v) is 6.22. The molecule has 0 aliphatic carbocycles. The number of nitrogens with one attached hydrogen (secondary N) is 1. The topological polar surface area (TPSA) is 133 Å². The summed E-state index contributed by atoms with van der Waals surface area (Å²) in [6, 6.07) is 7.87. The van der Waals surface area contributed by atoms with Crippen molar-refractivity contribution < 1.29 is 18.8 Å². The highest BCUT2D eigenvalue weighted by Crippen LogP contribution is 2.17. The Morgan fingerprint density at radius 1 is 0.971 bits per heavy atom. The summed E-state index contributed by atoms with van der Waals surface area (Å²) >= 11 is 5.84. The minimum atomic E-state index is -0.423. The Morgan fingerprint density at radius 3 is 2.34 bits per heavy atom. The Morgan fingerprint density at radius 2 is 1.66 bits per heavy atom. The van der Waals surface area contributed by atoms with Gasteiger partial charge in [-0.1, -0.05) is 30.2 Å². The van der Waals surface area contributed by atoms with Crippen molar-refractivity contribution in [2.75, 3.05) is 52.3 Å². The van der Waals surface area contributed by atoms with Gasteiger partial charge in [-0.05, 0) is 43.4 Å². The zero-order chi connectivity index (χ0) is 25.8. The number of rotatable bonds is 15. The van der Waals surface area contributed by atoms with Crippen LogP contribution in [-0.2, 0) is 11.2 Å². The predicted octanol–water partition coefficient (Wildman–Crippen LogP) is 3.26. The van der Waals surface area contributed by atoms with Crippen molar-refractivity contribution in [2.24, 2.45) is 0 Å². The second-order valence-electron chi connectivity index (χ2n) is 9.32. The molecule has 1 amide bonds. The third kappa shape index (κ3) is 10.1. The fourth-order valence-corrected chi connectivity index (χ4v) is 3.82. The number of quaternary nitrogens is 1. The zero-order valence-corrected chi connectivity index (χ0v) is 21.7. The second-order valence-corrected chi connectivity index (χ2v) is 9.68. The lowest BCUT2D eigenvalue weighted by atomic mass is 10.0. The SMILES string of the molecule is COc1ccc(CCC(=O)CCCCCC[N+](C)(C)CCNC(=O)c2nc(Cl)c(N)nc2N)cc1. The van der Waals surface area contributed by atoms with Gasteiger partial charge in [-0.25, -0.2) is 9.97 Å². The number of benzene rings is 1. The van der Waals surface area contributed by atoms with E-state index in [1.54, 1.807) is 7.11 Å². The lowest BCUT2D eigenvalue weighted by molar-refractivity contribution is -0.889. The maximum absolute atomic E-state index is 12.3. The molecule has 1 aromatic carbocycles. The average Bonchev–Trinajstić information content (AvgIpc) is 2.82. The van der Waals surface area contributed by atoms with E-state index in [0.717, 1.165) is 61.0 Å². The molecule has 192 valence electrons. The number of likely N-dealkylation sites (N-methyl/N-ethyl adjacent to an activating group) is 1. The Labute approximate surface area is 212 Å². The van der Waals surface area contributed by atoms with Crippen LogP contribution in [0.3, 0.4) is 0 Å². The summed E-state index contributed by atoms with van der Waals surface area (Å²) in [4.78, 5) is 32.2. The largest absolute Gasteiger partial charge is 0.497 e. The molecule has 2 aromatic rings. The highest BCUT2D eigenvalue weighted by molar-refractivity contribution is 6.31. The number of aryl methyl sites for hydroxylation is 1. The zero-order valence-electron chi connectivity index (χ0n) is 21.0. The van der Waals surface area contributed by atoms with Crippen LogP contribution in [0.1, 0.15) is 54.6 Å². The molecule has 9 nitrogen and oxygen atoms in total. The van der Waals surface area contributed by atoms with E-state index in [1.165, 1.54) is 0 Å². The van der Waals surface area contributed by atoms with Crippen LogP contribution in [0.5, 0.6) is 5.75 Å². The van der Waals surface area contributed by atoms with Crippen molar-refractivity contribution in [3.63, 3.8) is 0 Å². The van der Waals surface area contributed by atoms with Crippen LogP contribution >= 0.6 is 11.6 Å². The number of Topliss-reactive ketones (excluding diaryl/α,β-unsaturated/α-hetero) is 1. The molecule has 35 heavy (non-hydrogen) atoms. The standard InChI is InChI=1S/C25H37ClN6O3/c1-32(2,17-15-29-25(34)21-23(27)31-24(28)22(26)30-21)16-7-5-4-6-8-19(33)12-9-18-10-13-20(35-3)14-11-18/h10-11,13-14H,4-9,12,15-17H2,1-3H3,(H4-,27,28,29,31,34)/p+1. The molecule has 1 heterocycles. The van der Waals surface area contributed by atoms with Gasteiger partial charge in [-0.3, -0.25) is 9.59 Å². The Kier molecular flexibility index (Phi) is 11.2. The van der Waals surface area contributed by atoms with Gasteiger partial charge in [0.15, 0.2) is 22.5 Å². The third-order valence-electron chi connectivity index (χ3n) is 5.94. The number of nitrogens with two attached hydrogens (primary N) is 2. The van der Waals surface area contributed by atoms with Gasteiger partial charge >= 0.3 is 0 Å². The molecule has 0 unspecified atom stereocenters. The number of ether oxygens (including phenoxy) is 1. The summed E-state index contributed by atoms with van der Waals surface area (Å²) in [5.41, 5.74) is 12.4. The van der Waals surface area contributed by atoms with Gasteiger partial charge in [0, 0.05) is 12.8 Å². The second kappa shape index (κ2) is 13.8. The van der Waals surface area contributed by atoms with Gasteiger partial charge in [-0.15, -0.1) is 0 Å². The Hall–Kier alpha value is -2.91. The molecule has 0 atom stereocenters. The highest BCUT2D eigenvalue weighted by atomic mass is 35.5. The fourth-order valence-electron chi connectivity index (χ4n) is 3.69. The summed E-state index contributed by atoms with van der Waals surface area (Å²) in [5.74, 6) is 0.679. The maximum atomic E-state index is 12.3. The van der Waals surface area contributed by atoms with Crippen LogP contribution in [0.4, 0.5) is 11.6 Å². The van der Waals surface area contributed by atoms with E-state index in [9.17, 15) is 9.59 Å². The number of amides is 1. The monoisotopic (exact) mass is 505 g/mol. The first-order valence-electron chi connectivity index (χ1n) is 11.9. The van der Waals surface area contributed by atoms with Crippen molar-refractivity contribution >= 4 is 34.9 Å². The van der Waals surface area contributed by atoms with E-state index in [-0.39, 0.29) is 22.5 Å². The summed E-state index contributed by atoms with van der Waals surface area (Å²) < 4.78 is 5.92. The van der Waals surface area contributed by atoms with E-state index >= 15 is 0 Å². The van der Waals surface area contributed by atoms with E-state index in [4.69, 9.17) is 27.8 Å². The molecule has 5 N–H and O–H groups in total. The van der Waals surface area contributed by atoms with E-state index in [1.807, 2.05) is 24.3 Å². The quantitative estimate of drug-likeness (QED) is 0.250. The Bertz CT molecular complexity index is 982. The molecule has 0 aliphatic heterocycles. The average molecular weight is 506 g/mol. The molecule has 0 fully saturated rings. The first-order valence-corrected chi connectivity index (χ1v) is 12.3. The highest BCUT2D eigenvalue weighted by Gasteiger charge is 2.18. The minimum Gasteiger partial charge on any atom is -0.497 e. The maximum Gasteiger partial charge on any atom is 0.273 e. The number of anilines is 2. The van der Waals surface area contributed by atoms with Crippen LogP contribution < -0.4 is 21.5 Å². The van der Waals surface area contributed by atoms with Gasteiger partial charge < -0.3 is 26.0 Å². The van der Waals surface area contributed by atoms with Crippen molar-refractivity contribution in [3.8, 4) is 5.75 Å². The molecular formula is C25H38ClN6O3+. The molecule has 0 bridgehead atoms. The van der Waals surface area contributed by atoms with Gasteiger partial charge in [0.25, 0.3) is 5.91 Å². The molecule has 0 aliphatic rings. The number of nitrogen functional groups attached to an aromatic ring is 2. The number of carbonyl (C=O) groups excluding carboxylic acids is 2. The number of nitrogens with zero attached hydrogens (tertiary/aromatic N) is 3. The predicted molar refractivity (Wildman–Crippen MR) is 139 cm³/mol. The lowest BCUT2D eigenvalue weighted by Crippen LogP contribution is -2.46. The van der Waals surface area contributed by atoms with Gasteiger partial charge in [0.2, 0.25) is 0 Å². The number of ketones is 1. The van der Waals surface area contributed by atoms with Crippen molar-refractivity contribution in [1.82, 2.24) is 15.3 Å². The van der Waals surface area contributed by atoms with E-state index in [2.05, 4.69) is 29.4 Å². The first kappa shape index (κ1) is 28.3. The van der Waals surface area contributed by atoms with E-state index in [0.29, 0.717) is 25.2 Å². The normalized spacial score (nSPS) is 11.3. The van der Waals surface area contributed by atoms with Gasteiger partial charge in [0.05, 0.1) is 40.8 Å². The van der Waals surface area contributed by atoms with Crippen molar-refractivity contribution in [3.05, 3.63) is 40.7 Å². The molecule has 0 radical (unpaired) electrons. The van der Waals surface area contributed by atoms with Crippen molar-refractivity contribution in [1.29, 1.82) is 0 Å². The summed E-state index contributed by atoms with van der Waals surface area (Å²) in [7, 11) is 5.90. The van der Waals surface area contributed by atoms with Crippen molar-refractivity contribution in [2.45, 2.75) is 44.9 Å². The minimum absolute atomic E-state index is 0.00329. The molecule has 10 heteroatoms. The number of hydrogen-bond donors (Lipinski definition) is 3. The molecular weight excluding hydrogens is 468 g/mol. The lowest BCUT2D eigenvalue weighted by Gasteiger charge is -2.30. The number of aromatic nitrogens is 2. The Balaban J connectivity index is 1.57. The van der Waals surface area contributed by atoms with E-state index < -0.39 is 5.91 Å². The fraction of sp³-hybridized carbons (Fsp3) is 0.520. The summed E-state index contributed by atoms with van der Waals surface area (Å²) in [5, 5.41) is 2.77. The number of unbranched alkanes of at least 4 members (excludes halogenated alkanes) is 3. The number of hydrogen-bond acceptors (Lipinski definition) is 7. The van der Waals surface area contributed by atoms with Crippen LogP contribution in [0.25, 0.3) is 0 Å². The summed E-state index contributed by atoms with van der Waals surface area (Å²) in [6.45, 7) is 2.21. The molecule has 2 rings (SSSR count). The van der Waals surface area contributed by atoms with Gasteiger partial charge in [-0.2, -0.15) is 0 Å². The van der Waals surface area contributed by atoms with Crippen LogP contribution in [0.2, 0.25) is 5.15 Å². The summed E-state index contributed by atoms with van der Waals surface area (Å²) in [6.07, 6.45) is 6.11. The number of halogens is 1. The van der Waals surface area contributed by atoms with Crippen LogP contribution in [0.15, 0.2) is 24.3 Å². The number of methoxy groups -OCH3 is 1. The molecule has 0 saturated heterocycles. The molecule has 0 spiro atoms. The smallest absolute Gasteiger partial charge is 0.273 e. The van der Waals surface area contributed by atoms with Crippen LogP contribution in [0, 0.1) is 0 Å². The van der Waals surface area contributed by atoms with Gasteiger partial charge in [0.1, 0.15) is 11.5 Å². The number of carbonyl (C=O) groups is 2.